The lowest BCUT2D eigenvalue weighted by Crippen LogP contribution is -2.23. The summed E-state index contributed by atoms with van der Waals surface area (Å²) in [5, 5.41) is 3.63. The highest BCUT2D eigenvalue weighted by atomic mass is 35.5. The molecule has 23 heavy (non-hydrogen) atoms. The predicted molar refractivity (Wildman–Crippen MR) is 89.1 cm³/mol. The summed E-state index contributed by atoms with van der Waals surface area (Å²) in [5.41, 5.74) is 2.10. The summed E-state index contributed by atoms with van der Waals surface area (Å²) in [6, 6.07) is 13.3. The molecule has 1 N–H and O–H groups in total. The number of nitrogens with one attached hydrogen (secondary N) is 1. The third-order valence-electron chi connectivity index (χ3n) is 3.65. The number of fused-ring (bicyclic) bond motifs is 1. The van der Waals surface area contributed by atoms with Gasteiger partial charge >= 0.3 is 0 Å². The Bertz CT molecular complexity index is 685. The molecule has 2 aromatic carbocycles. The van der Waals surface area contributed by atoms with Crippen molar-refractivity contribution in [3.8, 4) is 11.5 Å². The van der Waals surface area contributed by atoms with E-state index in [0.29, 0.717) is 37.6 Å². The Kier molecular flexibility index (Phi) is 5.03. The van der Waals surface area contributed by atoms with Crippen LogP contribution in [0.1, 0.15) is 17.5 Å². The lowest BCUT2D eigenvalue weighted by molar-refractivity contribution is -0.121. The van der Waals surface area contributed by atoms with Gasteiger partial charge in [-0.15, -0.1) is 0 Å². The summed E-state index contributed by atoms with van der Waals surface area (Å²) in [6.45, 7) is 1.62. The molecule has 0 saturated heterocycles. The van der Waals surface area contributed by atoms with Gasteiger partial charge in [0.25, 0.3) is 0 Å². The first-order valence-electron chi connectivity index (χ1n) is 7.60. The van der Waals surface area contributed by atoms with Crippen LogP contribution in [0.25, 0.3) is 0 Å². The molecule has 0 bridgehead atoms. The Labute approximate surface area is 140 Å². The van der Waals surface area contributed by atoms with Gasteiger partial charge in [-0.05, 0) is 41.8 Å². The van der Waals surface area contributed by atoms with E-state index in [1.807, 2.05) is 42.5 Å². The summed E-state index contributed by atoms with van der Waals surface area (Å²) >= 11 is 5.84. The van der Waals surface area contributed by atoms with Gasteiger partial charge in [-0.1, -0.05) is 29.8 Å². The number of carbonyl (C=O) groups excluding carboxylic acids is 1. The molecule has 4 nitrogen and oxygen atoms in total. The Morgan fingerprint density at radius 2 is 1.70 bits per heavy atom. The van der Waals surface area contributed by atoms with Gasteiger partial charge in [0.15, 0.2) is 11.5 Å². The summed E-state index contributed by atoms with van der Waals surface area (Å²) < 4.78 is 11.0. The molecule has 0 unspecified atom stereocenters. The van der Waals surface area contributed by atoms with Gasteiger partial charge < -0.3 is 14.8 Å². The van der Waals surface area contributed by atoms with Gasteiger partial charge in [-0.25, -0.2) is 0 Å². The quantitative estimate of drug-likeness (QED) is 0.914. The lowest BCUT2D eigenvalue weighted by Gasteiger charge is -2.19. The molecule has 0 spiro atoms. The van der Waals surface area contributed by atoms with Crippen molar-refractivity contribution in [3.05, 3.63) is 58.6 Å². The first-order chi connectivity index (χ1) is 11.2. The summed E-state index contributed by atoms with van der Waals surface area (Å²) in [5.74, 6) is 1.52. The van der Waals surface area contributed by atoms with Crippen LogP contribution < -0.4 is 14.8 Å². The summed E-state index contributed by atoms with van der Waals surface area (Å²) in [7, 11) is 0. The fraction of sp³-hybridized carbons (Fsp3) is 0.278. The highest BCUT2D eigenvalue weighted by Crippen LogP contribution is 2.30. The number of hydrogen-bond donors (Lipinski definition) is 1. The molecule has 1 aliphatic heterocycles. The first kappa shape index (κ1) is 15.7. The number of ether oxygens (including phenoxy) is 2. The zero-order valence-electron chi connectivity index (χ0n) is 12.7. The van der Waals surface area contributed by atoms with Crippen LogP contribution in [0.15, 0.2) is 42.5 Å². The lowest BCUT2D eigenvalue weighted by atomic mass is 10.1. The van der Waals surface area contributed by atoms with Crippen LogP contribution in [-0.2, 0) is 17.8 Å². The maximum atomic E-state index is 12.0. The Morgan fingerprint density at radius 1 is 1.00 bits per heavy atom. The zero-order valence-corrected chi connectivity index (χ0v) is 13.4. The van der Waals surface area contributed by atoms with E-state index >= 15 is 0 Å². The van der Waals surface area contributed by atoms with Crippen molar-refractivity contribution in [2.45, 2.75) is 19.4 Å². The molecule has 1 aliphatic rings. The largest absolute Gasteiger partial charge is 0.486 e. The summed E-state index contributed by atoms with van der Waals surface area (Å²) in [6.07, 6.45) is 1.15. The monoisotopic (exact) mass is 331 g/mol. The van der Waals surface area contributed by atoms with Crippen molar-refractivity contribution in [2.75, 3.05) is 13.2 Å². The van der Waals surface area contributed by atoms with E-state index in [1.54, 1.807) is 0 Å². The second-order valence-electron chi connectivity index (χ2n) is 5.38. The fourth-order valence-electron chi connectivity index (χ4n) is 2.40. The molecule has 5 heteroatoms. The van der Waals surface area contributed by atoms with Crippen molar-refractivity contribution >= 4 is 17.5 Å². The van der Waals surface area contributed by atoms with Gasteiger partial charge in [0.1, 0.15) is 13.2 Å². The van der Waals surface area contributed by atoms with Crippen molar-refractivity contribution in [1.29, 1.82) is 0 Å². The molecule has 2 aromatic rings. The number of benzene rings is 2. The van der Waals surface area contributed by atoms with Gasteiger partial charge in [-0.3, -0.25) is 4.79 Å². The first-order valence-corrected chi connectivity index (χ1v) is 7.98. The molecule has 1 heterocycles. The molecule has 0 fully saturated rings. The number of rotatable bonds is 5. The average molecular weight is 332 g/mol. The van der Waals surface area contributed by atoms with E-state index in [0.717, 1.165) is 22.6 Å². The van der Waals surface area contributed by atoms with E-state index in [4.69, 9.17) is 21.1 Å². The molecule has 0 aromatic heterocycles. The minimum Gasteiger partial charge on any atom is -0.486 e. The van der Waals surface area contributed by atoms with Crippen LogP contribution in [0.3, 0.4) is 0 Å². The van der Waals surface area contributed by atoms with Crippen LogP contribution in [-0.4, -0.2) is 19.1 Å². The highest BCUT2D eigenvalue weighted by Gasteiger charge is 2.12. The van der Waals surface area contributed by atoms with Crippen LogP contribution in [0.5, 0.6) is 11.5 Å². The minimum absolute atomic E-state index is 0.0230. The topological polar surface area (TPSA) is 47.6 Å². The Balaban J connectivity index is 1.48. The number of amides is 1. The predicted octanol–water partition coefficient (Wildman–Crippen LogP) is 3.36. The van der Waals surface area contributed by atoms with Crippen molar-refractivity contribution in [2.24, 2.45) is 0 Å². The highest BCUT2D eigenvalue weighted by molar-refractivity contribution is 6.30. The molecule has 0 atom stereocenters. The van der Waals surface area contributed by atoms with Crippen LogP contribution in [0.4, 0.5) is 0 Å². The normalized spacial score (nSPS) is 12.7. The van der Waals surface area contributed by atoms with Crippen LogP contribution >= 0.6 is 11.6 Å². The van der Waals surface area contributed by atoms with Gasteiger partial charge in [0.05, 0.1) is 0 Å². The fourth-order valence-corrected chi connectivity index (χ4v) is 2.52. The van der Waals surface area contributed by atoms with E-state index < -0.39 is 0 Å². The Hall–Kier alpha value is -2.20. The smallest absolute Gasteiger partial charge is 0.220 e. The zero-order chi connectivity index (χ0) is 16.1. The van der Waals surface area contributed by atoms with Gasteiger partial charge in [-0.2, -0.15) is 0 Å². The van der Waals surface area contributed by atoms with E-state index in [2.05, 4.69) is 5.32 Å². The standard InChI is InChI=1S/C18H18ClNO3/c19-15-5-1-13(2-6-15)4-8-18(21)20-12-14-3-7-16-17(11-14)23-10-9-22-16/h1-3,5-7,11H,4,8-10,12H2,(H,20,21). The average Bonchev–Trinajstić information content (AvgIpc) is 2.59. The third kappa shape index (κ3) is 4.39. The molecule has 1 amide bonds. The maximum Gasteiger partial charge on any atom is 0.220 e. The molecule has 0 radical (unpaired) electrons. The Morgan fingerprint density at radius 3 is 2.48 bits per heavy atom. The molecule has 3 rings (SSSR count). The van der Waals surface area contributed by atoms with Gasteiger partial charge in [0.2, 0.25) is 5.91 Å². The van der Waals surface area contributed by atoms with Crippen LogP contribution in [0, 0.1) is 0 Å². The molecular formula is C18H18ClNO3. The van der Waals surface area contributed by atoms with Gasteiger partial charge in [0, 0.05) is 18.0 Å². The van der Waals surface area contributed by atoms with E-state index in [-0.39, 0.29) is 5.91 Å². The molecule has 120 valence electrons. The maximum absolute atomic E-state index is 12.0. The molecule has 0 saturated carbocycles. The number of halogens is 1. The van der Waals surface area contributed by atoms with Crippen LogP contribution in [0.2, 0.25) is 5.02 Å². The molecule has 0 aliphatic carbocycles. The second kappa shape index (κ2) is 7.38. The number of hydrogen-bond acceptors (Lipinski definition) is 3. The summed E-state index contributed by atoms with van der Waals surface area (Å²) in [4.78, 5) is 12.0. The SMILES string of the molecule is O=C(CCc1ccc(Cl)cc1)NCc1ccc2c(c1)OCCO2. The van der Waals surface area contributed by atoms with Crippen molar-refractivity contribution in [1.82, 2.24) is 5.32 Å². The molecular weight excluding hydrogens is 314 g/mol. The van der Waals surface area contributed by atoms with E-state index in [1.165, 1.54) is 0 Å². The number of aryl methyl sites for hydroxylation is 1. The minimum atomic E-state index is 0.0230. The van der Waals surface area contributed by atoms with E-state index in [9.17, 15) is 4.79 Å². The number of carbonyl (C=O) groups is 1. The van der Waals surface area contributed by atoms with Crippen molar-refractivity contribution in [3.63, 3.8) is 0 Å². The van der Waals surface area contributed by atoms with Crippen molar-refractivity contribution < 1.29 is 14.3 Å². The third-order valence-corrected chi connectivity index (χ3v) is 3.90. The second-order valence-corrected chi connectivity index (χ2v) is 5.82.